The smallest absolute Gasteiger partial charge is 0.294 e. The zero-order valence-corrected chi connectivity index (χ0v) is 16.8. The van der Waals surface area contributed by atoms with Crippen LogP contribution in [0, 0.1) is 0 Å². The SMILES string of the molecule is O=C(Cn1nc(-c2ccco2)c2sc(N3CCOCC3)nc2c1=O)c1ccccc1. The van der Waals surface area contributed by atoms with Crippen LogP contribution in [-0.4, -0.2) is 46.9 Å². The van der Waals surface area contributed by atoms with E-state index >= 15 is 0 Å². The van der Waals surface area contributed by atoms with Crippen LogP contribution in [0.5, 0.6) is 0 Å². The summed E-state index contributed by atoms with van der Waals surface area (Å²) in [6, 6.07) is 12.4. The number of morpholine rings is 1. The van der Waals surface area contributed by atoms with Crippen molar-refractivity contribution in [2.24, 2.45) is 0 Å². The number of fused-ring (bicyclic) bond motifs is 1. The first-order chi connectivity index (χ1) is 14.7. The molecule has 0 spiro atoms. The lowest BCUT2D eigenvalue weighted by molar-refractivity contribution is 0.0966. The Morgan fingerprint density at radius 3 is 2.63 bits per heavy atom. The average Bonchev–Trinajstić information content (AvgIpc) is 3.48. The summed E-state index contributed by atoms with van der Waals surface area (Å²) >= 11 is 1.41. The van der Waals surface area contributed by atoms with Gasteiger partial charge in [-0.2, -0.15) is 5.10 Å². The average molecular weight is 422 g/mol. The second kappa shape index (κ2) is 7.85. The second-order valence-corrected chi connectivity index (χ2v) is 7.83. The molecule has 1 aliphatic rings. The Labute approximate surface area is 175 Å². The van der Waals surface area contributed by atoms with E-state index in [2.05, 4.69) is 15.0 Å². The molecule has 0 aliphatic carbocycles. The van der Waals surface area contributed by atoms with Crippen LogP contribution < -0.4 is 10.5 Å². The fourth-order valence-corrected chi connectivity index (χ4v) is 4.47. The van der Waals surface area contributed by atoms with Gasteiger partial charge in [-0.3, -0.25) is 9.59 Å². The van der Waals surface area contributed by atoms with Gasteiger partial charge in [-0.1, -0.05) is 41.7 Å². The number of rotatable bonds is 5. The van der Waals surface area contributed by atoms with E-state index in [0.29, 0.717) is 53.5 Å². The summed E-state index contributed by atoms with van der Waals surface area (Å²) in [5, 5.41) is 5.23. The van der Waals surface area contributed by atoms with Crippen LogP contribution >= 0.6 is 11.3 Å². The summed E-state index contributed by atoms with van der Waals surface area (Å²) in [5.74, 6) is 0.330. The molecule has 0 radical (unpaired) electrons. The summed E-state index contributed by atoms with van der Waals surface area (Å²) in [4.78, 5) is 32.5. The molecule has 1 saturated heterocycles. The van der Waals surface area contributed by atoms with E-state index in [9.17, 15) is 9.59 Å². The largest absolute Gasteiger partial charge is 0.463 e. The minimum atomic E-state index is -0.389. The van der Waals surface area contributed by atoms with Crippen LogP contribution in [0.1, 0.15) is 10.4 Å². The molecule has 0 bridgehead atoms. The summed E-state index contributed by atoms with van der Waals surface area (Å²) in [6.07, 6.45) is 1.55. The Balaban J connectivity index is 1.62. The van der Waals surface area contributed by atoms with Crippen LogP contribution in [0.15, 0.2) is 57.9 Å². The lowest BCUT2D eigenvalue weighted by Crippen LogP contribution is -2.36. The van der Waals surface area contributed by atoms with E-state index < -0.39 is 0 Å². The quantitative estimate of drug-likeness (QED) is 0.457. The molecule has 4 heterocycles. The third kappa shape index (κ3) is 3.42. The first-order valence-electron chi connectivity index (χ1n) is 9.57. The zero-order chi connectivity index (χ0) is 20.5. The molecular weight excluding hydrogens is 404 g/mol. The van der Waals surface area contributed by atoms with Gasteiger partial charge in [0, 0.05) is 18.7 Å². The number of nitrogens with zero attached hydrogens (tertiary/aromatic N) is 4. The topological polar surface area (TPSA) is 90.5 Å². The van der Waals surface area contributed by atoms with Crippen molar-refractivity contribution in [3.05, 3.63) is 64.6 Å². The molecule has 0 unspecified atom stereocenters. The second-order valence-electron chi connectivity index (χ2n) is 6.85. The van der Waals surface area contributed by atoms with E-state index in [0.717, 1.165) is 5.13 Å². The Hall–Kier alpha value is -3.30. The first kappa shape index (κ1) is 18.7. The normalized spacial score (nSPS) is 14.3. The van der Waals surface area contributed by atoms with Gasteiger partial charge in [0.25, 0.3) is 5.56 Å². The van der Waals surface area contributed by atoms with Crippen molar-refractivity contribution in [3.8, 4) is 11.5 Å². The van der Waals surface area contributed by atoms with Crippen molar-refractivity contribution in [3.63, 3.8) is 0 Å². The highest BCUT2D eigenvalue weighted by molar-refractivity contribution is 7.22. The highest BCUT2D eigenvalue weighted by atomic mass is 32.1. The monoisotopic (exact) mass is 422 g/mol. The Morgan fingerprint density at radius 2 is 1.90 bits per heavy atom. The third-order valence-corrected chi connectivity index (χ3v) is 6.04. The molecule has 1 aliphatic heterocycles. The highest BCUT2D eigenvalue weighted by Gasteiger charge is 2.23. The van der Waals surface area contributed by atoms with E-state index in [1.54, 1.807) is 42.7 Å². The predicted octanol–water partition coefficient (Wildman–Crippen LogP) is 2.83. The summed E-state index contributed by atoms with van der Waals surface area (Å²) in [6.45, 7) is 2.50. The maximum atomic E-state index is 13.1. The lowest BCUT2D eigenvalue weighted by atomic mass is 10.1. The van der Waals surface area contributed by atoms with Gasteiger partial charge < -0.3 is 14.1 Å². The molecule has 0 atom stereocenters. The molecule has 1 aromatic carbocycles. The Bertz CT molecular complexity index is 1240. The molecule has 1 fully saturated rings. The fourth-order valence-electron chi connectivity index (χ4n) is 3.37. The van der Waals surface area contributed by atoms with Crippen molar-refractivity contribution in [2.45, 2.75) is 6.54 Å². The van der Waals surface area contributed by atoms with Crippen molar-refractivity contribution in [2.75, 3.05) is 31.2 Å². The maximum absolute atomic E-state index is 13.1. The molecule has 3 aromatic heterocycles. The van der Waals surface area contributed by atoms with Gasteiger partial charge in [0.15, 0.2) is 22.2 Å². The molecule has 4 aromatic rings. The van der Waals surface area contributed by atoms with Crippen molar-refractivity contribution in [1.29, 1.82) is 0 Å². The van der Waals surface area contributed by atoms with Gasteiger partial charge in [0.1, 0.15) is 12.2 Å². The zero-order valence-electron chi connectivity index (χ0n) is 16.0. The van der Waals surface area contributed by atoms with Crippen molar-refractivity contribution >= 4 is 32.5 Å². The molecule has 0 N–H and O–H groups in total. The van der Waals surface area contributed by atoms with Gasteiger partial charge in [-0.05, 0) is 12.1 Å². The van der Waals surface area contributed by atoms with E-state index in [1.165, 1.54) is 16.0 Å². The number of furan rings is 1. The van der Waals surface area contributed by atoms with E-state index in [-0.39, 0.29) is 17.9 Å². The van der Waals surface area contributed by atoms with Crippen LogP contribution in [0.25, 0.3) is 21.7 Å². The summed E-state index contributed by atoms with van der Waals surface area (Å²) in [5.41, 5.74) is 0.940. The highest BCUT2D eigenvalue weighted by Crippen LogP contribution is 2.34. The predicted molar refractivity (Wildman–Crippen MR) is 113 cm³/mol. The number of benzene rings is 1. The van der Waals surface area contributed by atoms with Gasteiger partial charge >= 0.3 is 0 Å². The number of ether oxygens (including phenoxy) is 1. The van der Waals surface area contributed by atoms with Gasteiger partial charge in [-0.15, -0.1) is 0 Å². The number of ketones is 1. The van der Waals surface area contributed by atoms with Crippen molar-refractivity contribution in [1.82, 2.24) is 14.8 Å². The molecule has 8 nitrogen and oxygen atoms in total. The fraction of sp³-hybridized carbons (Fsp3) is 0.238. The number of hydrogen-bond acceptors (Lipinski definition) is 8. The van der Waals surface area contributed by atoms with Crippen molar-refractivity contribution < 1.29 is 13.9 Å². The first-order valence-corrected chi connectivity index (χ1v) is 10.4. The van der Waals surface area contributed by atoms with Crippen LogP contribution in [0.2, 0.25) is 0 Å². The minimum absolute atomic E-state index is 0.170. The number of anilines is 1. The molecule has 0 saturated carbocycles. The third-order valence-electron chi connectivity index (χ3n) is 4.91. The van der Waals surface area contributed by atoms with Crippen LogP contribution in [-0.2, 0) is 11.3 Å². The lowest BCUT2D eigenvalue weighted by Gasteiger charge is -2.25. The number of carbonyl (C=O) groups is 1. The Kier molecular flexibility index (Phi) is 4.89. The van der Waals surface area contributed by atoms with Gasteiger partial charge in [-0.25, -0.2) is 9.67 Å². The van der Waals surface area contributed by atoms with Gasteiger partial charge in [0.05, 0.1) is 24.2 Å². The standard InChI is InChI=1S/C21H18N4O4S/c26-15(14-5-2-1-3-6-14)13-25-20(27)18-19(17(23-25)16-7-4-10-29-16)30-21(22-18)24-8-11-28-12-9-24/h1-7,10H,8-9,11-13H2. The van der Waals surface area contributed by atoms with E-state index in [1.807, 2.05) is 6.07 Å². The molecule has 152 valence electrons. The number of hydrogen-bond donors (Lipinski definition) is 0. The minimum Gasteiger partial charge on any atom is -0.463 e. The van der Waals surface area contributed by atoms with Gasteiger partial charge in [0.2, 0.25) is 0 Å². The molecule has 0 amide bonds. The number of thiazole rings is 1. The number of carbonyl (C=O) groups excluding carboxylic acids is 1. The number of aromatic nitrogens is 3. The molecule has 30 heavy (non-hydrogen) atoms. The molecule has 9 heteroatoms. The maximum Gasteiger partial charge on any atom is 0.294 e. The van der Waals surface area contributed by atoms with E-state index in [4.69, 9.17) is 9.15 Å². The van der Waals surface area contributed by atoms with Crippen LogP contribution in [0.3, 0.4) is 0 Å². The molecule has 5 rings (SSSR count). The Morgan fingerprint density at radius 1 is 1.10 bits per heavy atom. The summed E-state index contributed by atoms with van der Waals surface area (Å²) in [7, 11) is 0. The number of Topliss-reactive ketones (excluding diaryl/α,β-unsaturated/α-hetero) is 1. The summed E-state index contributed by atoms with van der Waals surface area (Å²) < 4.78 is 12.8. The molecular formula is C21H18N4O4S. The van der Waals surface area contributed by atoms with Crippen LogP contribution in [0.4, 0.5) is 5.13 Å².